The Morgan fingerprint density at radius 3 is 2.73 bits per heavy atom. The smallest absolute Gasteiger partial charge is 0.241 e. The Morgan fingerprint density at radius 2 is 2.00 bits per heavy atom. The van der Waals surface area contributed by atoms with Crippen molar-refractivity contribution in [1.29, 1.82) is 0 Å². The van der Waals surface area contributed by atoms with Crippen LogP contribution in [0.1, 0.15) is 5.56 Å². The topological polar surface area (TPSA) is 41.1 Å². The fraction of sp³-hybridized carbons (Fsp3) is 0.250. The van der Waals surface area contributed by atoms with E-state index in [9.17, 15) is 4.79 Å². The van der Waals surface area contributed by atoms with E-state index in [2.05, 4.69) is 10.6 Å². The molecule has 1 aromatic carbocycles. The molecule has 1 fully saturated rings. The lowest BCUT2D eigenvalue weighted by Crippen LogP contribution is -2.51. The second-order valence-corrected chi connectivity index (χ2v) is 3.49. The van der Waals surface area contributed by atoms with Crippen LogP contribution in [0.4, 0.5) is 0 Å². The molecular weight excluding hydrogens is 188 g/mol. The molecule has 1 atom stereocenters. The highest BCUT2D eigenvalue weighted by Gasteiger charge is 2.17. The molecule has 3 heteroatoms. The van der Waals surface area contributed by atoms with Gasteiger partial charge in [0.25, 0.3) is 0 Å². The van der Waals surface area contributed by atoms with Gasteiger partial charge in [0.2, 0.25) is 5.91 Å². The fourth-order valence-corrected chi connectivity index (χ4v) is 1.54. The molecule has 0 aromatic heterocycles. The first-order chi connectivity index (χ1) is 7.36. The van der Waals surface area contributed by atoms with Gasteiger partial charge in [-0.05, 0) is 5.56 Å². The molecule has 0 saturated carbocycles. The molecular formula is C12H14N2O. The maximum Gasteiger partial charge on any atom is 0.241 e. The molecule has 0 aliphatic carbocycles. The Kier molecular flexibility index (Phi) is 3.15. The van der Waals surface area contributed by atoms with Crippen LogP contribution in [0.5, 0.6) is 0 Å². The summed E-state index contributed by atoms with van der Waals surface area (Å²) in [5.41, 5.74) is 1.11. The third-order valence-electron chi connectivity index (χ3n) is 2.35. The van der Waals surface area contributed by atoms with Gasteiger partial charge in [0.1, 0.15) is 6.04 Å². The summed E-state index contributed by atoms with van der Waals surface area (Å²) in [6.07, 6.45) is 3.85. The highest BCUT2D eigenvalue weighted by molar-refractivity contribution is 5.85. The van der Waals surface area contributed by atoms with Crippen molar-refractivity contribution in [2.75, 3.05) is 13.1 Å². The Hall–Kier alpha value is -1.61. The minimum atomic E-state index is -0.195. The summed E-state index contributed by atoms with van der Waals surface area (Å²) in [7, 11) is 0. The molecule has 1 aliphatic heterocycles. The van der Waals surface area contributed by atoms with Gasteiger partial charge in [0.15, 0.2) is 0 Å². The van der Waals surface area contributed by atoms with Gasteiger partial charge in [-0.25, -0.2) is 0 Å². The van der Waals surface area contributed by atoms with E-state index in [0.29, 0.717) is 6.54 Å². The number of hydrogen-bond donors (Lipinski definition) is 2. The number of rotatable bonds is 2. The summed E-state index contributed by atoms with van der Waals surface area (Å²) in [6, 6.07) is 9.76. The zero-order valence-corrected chi connectivity index (χ0v) is 8.44. The second kappa shape index (κ2) is 4.75. The number of hydrogen-bond acceptors (Lipinski definition) is 2. The van der Waals surface area contributed by atoms with Crippen LogP contribution in [0.25, 0.3) is 6.08 Å². The Bertz CT molecular complexity index is 359. The molecule has 2 rings (SSSR count). The maximum atomic E-state index is 11.4. The molecule has 1 unspecified atom stereocenters. The van der Waals surface area contributed by atoms with Crippen molar-refractivity contribution < 1.29 is 4.79 Å². The van der Waals surface area contributed by atoms with Crippen LogP contribution in [0.3, 0.4) is 0 Å². The summed E-state index contributed by atoms with van der Waals surface area (Å²) in [6.45, 7) is 1.55. The SMILES string of the molecule is O=C1NCCNC1/C=C/c1ccccc1. The van der Waals surface area contributed by atoms with Gasteiger partial charge in [0.05, 0.1) is 0 Å². The van der Waals surface area contributed by atoms with E-state index in [1.54, 1.807) is 0 Å². The fourth-order valence-electron chi connectivity index (χ4n) is 1.54. The van der Waals surface area contributed by atoms with Crippen LogP contribution in [0.15, 0.2) is 36.4 Å². The molecule has 1 aliphatic rings. The number of amides is 1. The highest BCUT2D eigenvalue weighted by atomic mass is 16.2. The summed E-state index contributed by atoms with van der Waals surface area (Å²) >= 11 is 0. The van der Waals surface area contributed by atoms with Crippen molar-refractivity contribution in [3.8, 4) is 0 Å². The van der Waals surface area contributed by atoms with Crippen LogP contribution in [-0.2, 0) is 4.79 Å². The van der Waals surface area contributed by atoms with Gasteiger partial charge in [-0.2, -0.15) is 0 Å². The van der Waals surface area contributed by atoms with Crippen LogP contribution < -0.4 is 10.6 Å². The van der Waals surface area contributed by atoms with Crippen LogP contribution in [-0.4, -0.2) is 25.0 Å². The van der Waals surface area contributed by atoms with Gasteiger partial charge in [0, 0.05) is 13.1 Å². The molecule has 0 spiro atoms. The molecule has 1 amide bonds. The summed E-state index contributed by atoms with van der Waals surface area (Å²) in [5, 5.41) is 5.96. The predicted octanol–water partition coefficient (Wildman–Crippen LogP) is 0.788. The zero-order valence-electron chi connectivity index (χ0n) is 8.44. The molecule has 15 heavy (non-hydrogen) atoms. The normalized spacial score (nSPS) is 21.6. The van der Waals surface area contributed by atoms with Crippen molar-refractivity contribution in [3.05, 3.63) is 42.0 Å². The number of carbonyl (C=O) groups is 1. The first-order valence-corrected chi connectivity index (χ1v) is 5.10. The summed E-state index contributed by atoms with van der Waals surface area (Å²) in [4.78, 5) is 11.4. The van der Waals surface area contributed by atoms with Crippen molar-refractivity contribution in [3.63, 3.8) is 0 Å². The third-order valence-corrected chi connectivity index (χ3v) is 2.35. The quantitative estimate of drug-likeness (QED) is 0.744. The Balaban J connectivity index is 2.01. The van der Waals surface area contributed by atoms with Crippen molar-refractivity contribution in [2.45, 2.75) is 6.04 Å². The van der Waals surface area contributed by atoms with E-state index < -0.39 is 0 Å². The van der Waals surface area contributed by atoms with Crippen molar-refractivity contribution >= 4 is 12.0 Å². The molecule has 78 valence electrons. The monoisotopic (exact) mass is 202 g/mol. The first-order valence-electron chi connectivity index (χ1n) is 5.10. The molecule has 1 aromatic rings. The van der Waals surface area contributed by atoms with Crippen LogP contribution in [0, 0.1) is 0 Å². The molecule has 3 nitrogen and oxygen atoms in total. The number of piperazine rings is 1. The van der Waals surface area contributed by atoms with Crippen molar-refractivity contribution in [2.24, 2.45) is 0 Å². The Labute approximate surface area is 89.2 Å². The van der Waals surface area contributed by atoms with E-state index in [4.69, 9.17) is 0 Å². The van der Waals surface area contributed by atoms with Crippen LogP contribution in [0.2, 0.25) is 0 Å². The molecule has 0 radical (unpaired) electrons. The van der Waals surface area contributed by atoms with E-state index in [1.165, 1.54) is 0 Å². The number of nitrogens with one attached hydrogen (secondary N) is 2. The molecule has 0 bridgehead atoms. The molecule has 2 N–H and O–H groups in total. The van der Waals surface area contributed by atoms with Crippen molar-refractivity contribution in [1.82, 2.24) is 10.6 Å². The third kappa shape index (κ3) is 2.67. The molecule has 1 saturated heterocycles. The first kappa shape index (κ1) is 9.93. The second-order valence-electron chi connectivity index (χ2n) is 3.49. The average Bonchev–Trinajstić information content (AvgIpc) is 2.29. The minimum absolute atomic E-state index is 0.0495. The van der Waals surface area contributed by atoms with Gasteiger partial charge in [-0.15, -0.1) is 0 Å². The van der Waals surface area contributed by atoms with Crippen LogP contribution >= 0.6 is 0 Å². The average molecular weight is 202 g/mol. The van der Waals surface area contributed by atoms with E-state index in [1.807, 2.05) is 42.5 Å². The predicted molar refractivity (Wildman–Crippen MR) is 60.3 cm³/mol. The lowest BCUT2D eigenvalue weighted by Gasteiger charge is -2.20. The lowest BCUT2D eigenvalue weighted by molar-refractivity contribution is -0.123. The summed E-state index contributed by atoms with van der Waals surface area (Å²) in [5.74, 6) is 0.0495. The largest absolute Gasteiger partial charge is 0.353 e. The zero-order chi connectivity index (χ0) is 10.5. The van der Waals surface area contributed by atoms with Gasteiger partial charge >= 0.3 is 0 Å². The Morgan fingerprint density at radius 1 is 1.20 bits per heavy atom. The van der Waals surface area contributed by atoms with Gasteiger partial charge in [-0.1, -0.05) is 42.5 Å². The summed E-state index contributed by atoms with van der Waals surface area (Å²) < 4.78 is 0. The minimum Gasteiger partial charge on any atom is -0.353 e. The number of benzene rings is 1. The van der Waals surface area contributed by atoms with E-state index in [-0.39, 0.29) is 11.9 Å². The standard InChI is InChI=1S/C12H14N2O/c15-12-11(13-8-9-14-12)7-6-10-4-2-1-3-5-10/h1-7,11,13H,8-9H2,(H,14,15)/b7-6+. The van der Waals surface area contributed by atoms with E-state index in [0.717, 1.165) is 12.1 Å². The van der Waals surface area contributed by atoms with Gasteiger partial charge in [-0.3, -0.25) is 4.79 Å². The maximum absolute atomic E-state index is 11.4. The van der Waals surface area contributed by atoms with Gasteiger partial charge < -0.3 is 10.6 Å². The highest BCUT2D eigenvalue weighted by Crippen LogP contribution is 2.02. The van der Waals surface area contributed by atoms with E-state index >= 15 is 0 Å². The number of carbonyl (C=O) groups excluding carboxylic acids is 1. The lowest BCUT2D eigenvalue weighted by atomic mass is 10.1. The molecule has 1 heterocycles.